The summed E-state index contributed by atoms with van der Waals surface area (Å²) < 4.78 is 5.20. The van der Waals surface area contributed by atoms with Crippen molar-refractivity contribution in [1.82, 2.24) is 0 Å². The first-order valence-electron chi connectivity index (χ1n) is 11.1. The molecule has 1 aliphatic rings. The number of quaternary nitrogens is 1. The molecule has 0 aromatic carbocycles. The fourth-order valence-electron chi connectivity index (χ4n) is 4.32. The van der Waals surface area contributed by atoms with Crippen LogP contribution in [-0.2, 0) is 20.9 Å². The number of methoxy groups -OCH3 is 1. The Morgan fingerprint density at radius 2 is 1.48 bits per heavy atom. The van der Waals surface area contributed by atoms with Gasteiger partial charge in [0.1, 0.15) is 4.88 Å². The third kappa shape index (κ3) is 6.20. The molecule has 33 heavy (non-hydrogen) atoms. The van der Waals surface area contributed by atoms with Crippen molar-refractivity contribution in [3.8, 4) is 0 Å². The standard InChI is InChI=1S/C23H31N3O5S2/c1-15-13-32-17(12-27)20(15)24-18(28)10-26(8-6-4-5-7-9-26)11-19(29)25-21-16(2)14-33-22(21)23(30)31-3/h13-14,27H,4-12H2,1-3H3,(H-,24,25,28,29,30)/p+1. The van der Waals surface area contributed by atoms with E-state index in [9.17, 15) is 19.5 Å². The normalized spacial score (nSPS) is 15.5. The van der Waals surface area contributed by atoms with Crippen LogP contribution in [0.15, 0.2) is 10.8 Å². The molecule has 0 saturated carbocycles. The van der Waals surface area contributed by atoms with Gasteiger partial charge in [-0.05, 0) is 61.4 Å². The minimum atomic E-state index is -0.479. The highest BCUT2D eigenvalue weighted by atomic mass is 32.1. The number of hydrogen-bond acceptors (Lipinski definition) is 7. The third-order valence-electron chi connectivity index (χ3n) is 6.04. The predicted octanol–water partition coefficient (Wildman–Crippen LogP) is 3.67. The molecule has 3 rings (SSSR count). The second-order valence-corrected chi connectivity index (χ2v) is 10.4. The van der Waals surface area contributed by atoms with Gasteiger partial charge in [-0.15, -0.1) is 22.7 Å². The van der Waals surface area contributed by atoms with E-state index >= 15 is 0 Å². The number of aryl methyl sites for hydroxylation is 2. The maximum atomic E-state index is 13.1. The number of esters is 1. The van der Waals surface area contributed by atoms with Gasteiger partial charge in [0.2, 0.25) is 0 Å². The van der Waals surface area contributed by atoms with Crippen LogP contribution in [0, 0.1) is 13.8 Å². The van der Waals surface area contributed by atoms with Crippen molar-refractivity contribution in [3.63, 3.8) is 0 Å². The van der Waals surface area contributed by atoms with Crippen LogP contribution in [0.25, 0.3) is 0 Å². The first kappa shape index (κ1) is 25.4. The van der Waals surface area contributed by atoms with Crippen LogP contribution < -0.4 is 10.6 Å². The van der Waals surface area contributed by atoms with Crippen LogP contribution >= 0.6 is 22.7 Å². The van der Waals surface area contributed by atoms with Gasteiger partial charge in [-0.25, -0.2) is 4.79 Å². The summed E-state index contributed by atoms with van der Waals surface area (Å²) in [5.41, 5.74) is 2.87. The maximum absolute atomic E-state index is 13.1. The monoisotopic (exact) mass is 494 g/mol. The van der Waals surface area contributed by atoms with Gasteiger partial charge in [0.15, 0.2) is 13.1 Å². The van der Waals surface area contributed by atoms with Crippen molar-refractivity contribution in [2.24, 2.45) is 0 Å². The summed E-state index contributed by atoms with van der Waals surface area (Å²) in [7, 11) is 1.32. The van der Waals surface area contributed by atoms with E-state index in [1.165, 1.54) is 29.8 Å². The summed E-state index contributed by atoms with van der Waals surface area (Å²) in [6.45, 7) is 5.42. The lowest BCUT2D eigenvalue weighted by Gasteiger charge is -2.36. The Labute approximate surface area is 202 Å². The smallest absolute Gasteiger partial charge is 0.350 e. The molecule has 2 aromatic rings. The molecule has 2 amide bonds. The van der Waals surface area contributed by atoms with Gasteiger partial charge >= 0.3 is 5.97 Å². The van der Waals surface area contributed by atoms with Crippen molar-refractivity contribution in [2.45, 2.75) is 46.1 Å². The topological polar surface area (TPSA) is 105 Å². The molecular formula is C23H32N3O5S2+. The van der Waals surface area contributed by atoms with Gasteiger partial charge in [0.25, 0.3) is 11.8 Å². The van der Waals surface area contributed by atoms with Crippen LogP contribution in [-0.4, -0.2) is 60.7 Å². The number of ether oxygens (including phenoxy) is 1. The van der Waals surface area contributed by atoms with E-state index in [0.29, 0.717) is 20.7 Å². The first-order valence-corrected chi connectivity index (χ1v) is 12.8. The highest BCUT2D eigenvalue weighted by Crippen LogP contribution is 2.30. The molecule has 0 bridgehead atoms. The third-order valence-corrected chi connectivity index (χ3v) is 8.21. The zero-order valence-corrected chi connectivity index (χ0v) is 21.0. The molecule has 0 spiro atoms. The fourth-order valence-corrected chi connectivity index (χ4v) is 6.09. The Morgan fingerprint density at radius 3 is 2.06 bits per heavy atom. The van der Waals surface area contributed by atoms with Crippen LogP contribution in [0.1, 0.15) is 51.4 Å². The number of anilines is 2. The number of carbonyl (C=O) groups is 3. The summed E-state index contributed by atoms with van der Waals surface area (Å²) in [5, 5.41) is 19.2. The Hall–Kier alpha value is -2.27. The Bertz CT molecular complexity index is 1010. The molecule has 3 N–H and O–H groups in total. The summed E-state index contributed by atoms with van der Waals surface area (Å²) >= 11 is 2.65. The van der Waals surface area contributed by atoms with Gasteiger partial charge < -0.3 is 25.0 Å². The number of likely N-dealkylation sites (tertiary alicyclic amines) is 1. The SMILES string of the molecule is COC(=O)c1scc(C)c1NC(=O)C[N+]1(CC(=O)Nc2c(C)csc2CO)CCCCCC1. The van der Waals surface area contributed by atoms with Crippen LogP contribution in [0.4, 0.5) is 11.4 Å². The molecule has 0 radical (unpaired) electrons. The second-order valence-electron chi connectivity index (χ2n) is 8.61. The largest absolute Gasteiger partial charge is 0.465 e. The molecule has 180 valence electrons. The summed E-state index contributed by atoms with van der Waals surface area (Å²) in [4.78, 5) is 39.3. The molecule has 0 aliphatic carbocycles. The van der Waals surface area contributed by atoms with E-state index in [4.69, 9.17) is 4.74 Å². The van der Waals surface area contributed by atoms with E-state index in [1.807, 2.05) is 24.6 Å². The van der Waals surface area contributed by atoms with Gasteiger partial charge in [-0.1, -0.05) is 0 Å². The first-order chi connectivity index (χ1) is 15.8. The average Bonchev–Trinajstić information content (AvgIpc) is 3.22. The number of nitrogens with zero attached hydrogens (tertiary/aromatic N) is 1. The molecule has 1 saturated heterocycles. The fraction of sp³-hybridized carbons (Fsp3) is 0.522. The van der Waals surface area contributed by atoms with Crippen molar-refractivity contribution in [2.75, 3.05) is 43.9 Å². The van der Waals surface area contributed by atoms with Gasteiger partial charge in [0, 0.05) is 0 Å². The lowest BCUT2D eigenvalue weighted by molar-refractivity contribution is -0.912. The second kappa shape index (κ2) is 11.2. The molecule has 0 unspecified atom stereocenters. The minimum Gasteiger partial charge on any atom is -0.465 e. The van der Waals surface area contributed by atoms with E-state index < -0.39 is 5.97 Å². The molecule has 10 heteroatoms. The van der Waals surface area contributed by atoms with Gasteiger partial charge in [-0.3, -0.25) is 9.59 Å². The van der Waals surface area contributed by atoms with Crippen LogP contribution in [0.3, 0.4) is 0 Å². The molecule has 8 nitrogen and oxygen atoms in total. The zero-order chi connectivity index (χ0) is 24.0. The molecule has 3 heterocycles. The molecule has 0 atom stereocenters. The number of hydrogen-bond donors (Lipinski definition) is 3. The number of thiophene rings is 2. The quantitative estimate of drug-likeness (QED) is 0.384. The van der Waals surface area contributed by atoms with Gasteiger partial charge in [0.05, 0.1) is 43.1 Å². The number of carbonyl (C=O) groups excluding carboxylic acids is 3. The molecule has 1 aliphatic heterocycles. The highest BCUT2D eigenvalue weighted by Gasteiger charge is 2.35. The predicted molar refractivity (Wildman–Crippen MR) is 131 cm³/mol. The average molecular weight is 495 g/mol. The Balaban J connectivity index is 1.76. The van der Waals surface area contributed by atoms with Gasteiger partial charge in [-0.2, -0.15) is 0 Å². The Kier molecular flexibility index (Phi) is 8.63. The van der Waals surface area contributed by atoms with E-state index in [1.54, 1.807) is 0 Å². The summed E-state index contributed by atoms with van der Waals surface area (Å²) in [5.74, 6) is -0.866. The Morgan fingerprint density at radius 1 is 0.939 bits per heavy atom. The lowest BCUT2D eigenvalue weighted by Crippen LogP contribution is -2.56. The van der Waals surface area contributed by atoms with Crippen molar-refractivity contribution < 1.29 is 28.7 Å². The van der Waals surface area contributed by atoms with Crippen LogP contribution in [0.5, 0.6) is 0 Å². The van der Waals surface area contributed by atoms with Crippen LogP contribution in [0.2, 0.25) is 0 Å². The summed E-state index contributed by atoms with van der Waals surface area (Å²) in [6, 6.07) is 0. The van der Waals surface area contributed by atoms with E-state index in [0.717, 1.165) is 54.8 Å². The van der Waals surface area contributed by atoms with Crippen molar-refractivity contribution >= 4 is 51.8 Å². The number of aliphatic hydroxyl groups excluding tert-OH is 1. The number of amides is 2. The summed E-state index contributed by atoms with van der Waals surface area (Å²) in [6.07, 6.45) is 4.06. The van der Waals surface area contributed by atoms with Crippen molar-refractivity contribution in [1.29, 1.82) is 0 Å². The number of nitrogens with one attached hydrogen (secondary N) is 2. The number of aliphatic hydroxyl groups is 1. The molecule has 2 aromatic heterocycles. The lowest BCUT2D eigenvalue weighted by atomic mass is 10.2. The van der Waals surface area contributed by atoms with E-state index in [2.05, 4.69) is 10.6 Å². The maximum Gasteiger partial charge on any atom is 0.350 e. The highest BCUT2D eigenvalue weighted by molar-refractivity contribution is 7.12. The number of rotatable bonds is 8. The molecule has 1 fully saturated rings. The zero-order valence-electron chi connectivity index (χ0n) is 19.4. The van der Waals surface area contributed by atoms with Crippen molar-refractivity contribution in [3.05, 3.63) is 31.6 Å². The van der Waals surface area contributed by atoms with E-state index in [-0.39, 0.29) is 31.5 Å². The minimum absolute atomic E-state index is 0.126. The molecular weight excluding hydrogens is 462 g/mol.